The van der Waals surface area contributed by atoms with Gasteiger partial charge in [-0.2, -0.15) is 0 Å². The number of rotatable bonds is 7. The van der Waals surface area contributed by atoms with Gasteiger partial charge in [0.1, 0.15) is 11.6 Å². The molecule has 5 nitrogen and oxygen atoms in total. The summed E-state index contributed by atoms with van der Waals surface area (Å²) < 4.78 is 11.8. The van der Waals surface area contributed by atoms with Gasteiger partial charge in [0, 0.05) is 5.41 Å². The van der Waals surface area contributed by atoms with Crippen LogP contribution in [0.1, 0.15) is 43.5 Å². The molecule has 0 N–H and O–H groups in total. The normalized spacial score (nSPS) is 30.6. The molecule has 1 aromatic carbocycles. The molecule has 0 radical (unpaired) electrons. The van der Waals surface area contributed by atoms with Crippen molar-refractivity contribution < 1.29 is 19.1 Å². The van der Waals surface area contributed by atoms with Crippen molar-refractivity contribution in [3.05, 3.63) is 29.3 Å². The molecule has 1 aromatic heterocycles. The molecule has 0 spiro atoms. The SMILES string of the molecule is O=C(COCc1nc2ccccc2s1)OCC(=O)C12CC3CC(CC(C3)C1)C2. The molecule has 0 unspecified atom stereocenters. The van der Waals surface area contributed by atoms with Crippen molar-refractivity contribution in [3.63, 3.8) is 0 Å². The summed E-state index contributed by atoms with van der Waals surface area (Å²) in [6.07, 6.45) is 6.90. The van der Waals surface area contributed by atoms with Crippen LogP contribution in [-0.4, -0.2) is 30.0 Å². The predicted molar refractivity (Wildman–Crippen MR) is 106 cm³/mol. The highest BCUT2D eigenvalue weighted by molar-refractivity contribution is 7.18. The molecule has 4 fully saturated rings. The van der Waals surface area contributed by atoms with Crippen LogP contribution in [0.15, 0.2) is 24.3 Å². The number of carbonyl (C=O) groups excluding carboxylic acids is 2. The molecule has 4 aliphatic rings. The van der Waals surface area contributed by atoms with Gasteiger partial charge >= 0.3 is 5.97 Å². The number of nitrogens with zero attached hydrogens (tertiary/aromatic N) is 1. The second-order valence-corrected chi connectivity index (χ2v) is 9.97. The monoisotopic (exact) mass is 399 g/mol. The molecule has 6 heteroatoms. The largest absolute Gasteiger partial charge is 0.456 e. The van der Waals surface area contributed by atoms with E-state index in [9.17, 15) is 9.59 Å². The summed E-state index contributed by atoms with van der Waals surface area (Å²) >= 11 is 1.56. The Balaban J connectivity index is 1.09. The number of esters is 1. The zero-order valence-corrected chi connectivity index (χ0v) is 16.7. The van der Waals surface area contributed by atoms with E-state index >= 15 is 0 Å². The molecule has 6 rings (SSSR count). The lowest BCUT2D eigenvalue weighted by atomic mass is 9.48. The number of hydrogen-bond acceptors (Lipinski definition) is 6. The second kappa shape index (κ2) is 7.23. The number of ketones is 1. The third-order valence-electron chi connectivity index (χ3n) is 6.78. The average molecular weight is 400 g/mol. The molecule has 1 heterocycles. The molecule has 4 bridgehead atoms. The van der Waals surface area contributed by atoms with Crippen molar-refractivity contribution in [2.45, 2.75) is 45.1 Å². The molecule has 4 aliphatic carbocycles. The van der Waals surface area contributed by atoms with Crippen molar-refractivity contribution in [1.82, 2.24) is 4.98 Å². The number of aromatic nitrogens is 1. The van der Waals surface area contributed by atoms with Gasteiger partial charge in [-0.05, 0) is 68.4 Å². The minimum atomic E-state index is -0.473. The molecule has 0 saturated heterocycles. The Kier molecular flexibility index (Phi) is 4.71. The first kappa shape index (κ1) is 18.3. The lowest BCUT2D eigenvalue weighted by molar-refractivity contribution is -0.160. The maximum Gasteiger partial charge on any atom is 0.332 e. The number of para-hydroxylation sites is 1. The summed E-state index contributed by atoms with van der Waals surface area (Å²) in [6.45, 7) is 0.0247. The maximum absolute atomic E-state index is 12.9. The summed E-state index contributed by atoms with van der Waals surface area (Å²) in [5.74, 6) is 1.79. The first-order valence-corrected chi connectivity index (χ1v) is 11.0. The molecule has 148 valence electrons. The van der Waals surface area contributed by atoms with Crippen molar-refractivity contribution in [2.24, 2.45) is 23.2 Å². The smallest absolute Gasteiger partial charge is 0.332 e. The Morgan fingerprint density at radius 2 is 1.71 bits per heavy atom. The minimum absolute atomic E-state index is 0.102. The number of carbonyl (C=O) groups is 2. The standard InChI is InChI=1S/C22H25NO4S/c24-19(22-8-14-5-15(9-22)7-16(6-14)10-22)11-27-21(25)13-26-12-20-23-17-3-1-2-4-18(17)28-20/h1-4,14-16H,5-13H2. The molecule has 28 heavy (non-hydrogen) atoms. The Morgan fingerprint density at radius 1 is 1.04 bits per heavy atom. The van der Waals surface area contributed by atoms with Crippen LogP contribution in [0.5, 0.6) is 0 Å². The third-order valence-corrected chi connectivity index (χ3v) is 7.79. The van der Waals surface area contributed by atoms with Crippen molar-refractivity contribution in [2.75, 3.05) is 13.2 Å². The fourth-order valence-electron chi connectivity index (χ4n) is 6.00. The van der Waals surface area contributed by atoms with Crippen LogP contribution >= 0.6 is 11.3 Å². The van der Waals surface area contributed by atoms with E-state index in [0.29, 0.717) is 17.8 Å². The lowest BCUT2D eigenvalue weighted by Gasteiger charge is -2.55. The first-order valence-electron chi connectivity index (χ1n) is 10.2. The number of ether oxygens (including phenoxy) is 2. The zero-order valence-electron chi connectivity index (χ0n) is 15.9. The highest BCUT2D eigenvalue weighted by Gasteiger charge is 2.54. The van der Waals surface area contributed by atoms with E-state index in [1.807, 2.05) is 24.3 Å². The van der Waals surface area contributed by atoms with Crippen LogP contribution in [0, 0.1) is 23.2 Å². The topological polar surface area (TPSA) is 65.5 Å². The number of fused-ring (bicyclic) bond motifs is 1. The highest BCUT2D eigenvalue weighted by Crippen LogP contribution is 2.60. The van der Waals surface area contributed by atoms with Gasteiger partial charge in [0.2, 0.25) is 0 Å². The van der Waals surface area contributed by atoms with E-state index in [4.69, 9.17) is 9.47 Å². The van der Waals surface area contributed by atoms with Crippen LogP contribution in [-0.2, 0) is 25.7 Å². The van der Waals surface area contributed by atoms with E-state index in [-0.39, 0.29) is 31.0 Å². The molecule has 0 amide bonds. The quantitative estimate of drug-likeness (QED) is 0.655. The predicted octanol–water partition coefficient (Wildman–Crippen LogP) is 4.14. The number of benzene rings is 1. The summed E-state index contributed by atoms with van der Waals surface area (Å²) in [6, 6.07) is 7.90. The Morgan fingerprint density at radius 3 is 2.39 bits per heavy atom. The van der Waals surface area contributed by atoms with Gasteiger partial charge in [0.25, 0.3) is 0 Å². The highest BCUT2D eigenvalue weighted by atomic mass is 32.1. The van der Waals surface area contributed by atoms with Crippen LogP contribution in [0.25, 0.3) is 10.2 Å². The van der Waals surface area contributed by atoms with Gasteiger partial charge < -0.3 is 9.47 Å². The van der Waals surface area contributed by atoms with E-state index in [0.717, 1.165) is 34.5 Å². The zero-order chi connectivity index (χ0) is 19.1. The van der Waals surface area contributed by atoms with E-state index in [1.165, 1.54) is 19.3 Å². The van der Waals surface area contributed by atoms with Gasteiger partial charge in [-0.3, -0.25) is 4.79 Å². The summed E-state index contributed by atoms with van der Waals surface area (Å²) in [5.41, 5.74) is 0.728. The van der Waals surface area contributed by atoms with Crippen LogP contribution < -0.4 is 0 Å². The van der Waals surface area contributed by atoms with Gasteiger partial charge in [0.05, 0.1) is 16.8 Å². The van der Waals surface area contributed by atoms with Crippen LogP contribution in [0.4, 0.5) is 0 Å². The van der Waals surface area contributed by atoms with Gasteiger partial charge in [0.15, 0.2) is 12.4 Å². The third kappa shape index (κ3) is 3.48. The van der Waals surface area contributed by atoms with E-state index < -0.39 is 5.97 Å². The van der Waals surface area contributed by atoms with Crippen molar-refractivity contribution in [3.8, 4) is 0 Å². The Hall–Kier alpha value is -1.79. The molecular formula is C22H25NO4S. The van der Waals surface area contributed by atoms with E-state index in [2.05, 4.69) is 4.98 Å². The molecular weight excluding hydrogens is 374 g/mol. The van der Waals surface area contributed by atoms with Crippen molar-refractivity contribution >= 4 is 33.3 Å². The molecule has 2 aromatic rings. The second-order valence-electron chi connectivity index (χ2n) is 8.85. The molecule has 0 atom stereocenters. The lowest BCUT2D eigenvalue weighted by Crippen LogP contribution is -2.51. The molecule has 4 saturated carbocycles. The molecule has 0 aliphatic heterocycles. The number of Topliss-reactive ketones (excluding diaryl/α,β-unsaturated/α-hetero) is 1. The average Bonchev–Trinajstić information content (AvgIpc) is 3.07. The first-order chi connectivity index (χ1) is 13.6. The fraction of sp³-hybridized carbons (Fsp3) is 0.591. The van der Waals surface area contributed by atoms with Gasteiger partial charge in [-0.25, -0.2) is 9.78 Å². The summed E-state index contributed by atoms with van der Waals surface area (Å²) in [4.78, 5) is 29.4. The Labute approximate surface area is 168 Å². The van der Waals surface area contributed by atoms with Gasteiger partial charge in [-0.15, -0.1) is 11.3 Å². The summed E-state index contributed by atoms with van der Waals surface area (Å²) in [5, 5.41) is 0.832. The number of hydrogen-bond donors (Lipinski definition) is 0. The van der Waals surface area contributed by atoms with Crippen LogP contribution in [0.2, 0.25) is 0 Å². The minimum Gasteiger partial charge on any atom is -0.456 e. The number of thiazole rings is 1. The fourth-order valence-corrected chi connectivity index (χ4v) is 6.90. The van der Waals surface area contributed by atoms with Crippen molar-refractivity contribution in [1.29, 1.82) is 0 Å². The summed E-state index contributed by atoms with van der Waals surface area (Å²) in [7, 11) is 0. The maximum atomic E-state index is 12.9. The van der Waals surface area contributed by atoms with Gasteiger partial charge in [-0.1, -0.05) is 12.1 Å². The Bertz CT molecular complexity index is 837. The van der Waals surface area contributed by atoms with E-state index in [1.54, 1.807) is 11.3 Å². The van der Waals surface area contributed by atoms with Crippen LogP contribution in [0.3, 0.4) is 0 Å².